The van der Waals surface area contributed by atoms with Crippen molar-refractivity contribution in [3.8, 4) is 0 Å². The lowest BCUT2D eigenvalue weighted by Gasteiger charge is -2.39. The molecule has 1 aromatic heterocycles. The highest BCUT2D eigenvalue weighted by Gasteiger charge is 2.46. The molecule has 0 bridgehead atoms. The average Bonchev–Trinajstić information content (AvgIpc) is 2.85. The third kappa shape index (κ3) is 2.10. The zero-order chi connectivity index (χ0) is 13.2. The molecule has 1 saturated carbocycles. The molecule has 6 nitrogen and oxygen atoms in total. The molecule has 0 radical (unpaired) electrons. The van der Waals surface area contributed by atoms with E-state index in [2.05, 4.69) is 15.3 Å². The van der Waals surface area contributed by atoms with Gasteiger partial charge in [0.2, 0.25) is 0 Å². The Kier molecular flexibility index (Phi) is 3.36. The van der Waals surface area contributed by atoms with Gasteiger partial charge in [-0.15, -0.1) is 0 Å². The first-order valence-electron chi connectivity index (χ1n) is 6.10. The highest BCUT2D eigenvalue weighted by atomic mass is 16.4. The third-order valence-corrected chi connectivity index (χ3v) is 3.76. The number of nitrogens with one attached hydrogen (secondary N) is 2. The molecule has 1 aromatic rings. The van der Waals surface area contributed by atoms with Gasteiger partial charge in [0.15, 0.2) is 0 Å². The average molecular weight is 251 g/mol. The second kappa shape index (κ2) is 4.80. The van der Waals surface area contributed by atoms with Gasteiger partial charge in [0.25, 0.3) is 5.91 Å². The van der Waals surface area contributed by atoms with Crippen molar-refractivity contribution in [2.45, 2.75) is 38.1 Å². The number of carbonyl (C=O) groups is 2. The number of hydrogen-bond acceptors (Lipinski definition) is 3. The van der Waals surface area contributed by atoms with Gasteiger partial charge in [0, 0.05) is 0 Å². The summed E-state index contributed by atoms with van der Waals surface area (Å²) < 4.78 is 0. The second-order valence-electron chi connectivity index (χ2n) is 4.84. The van der Waals surface area contributed by atoms with Crippen LogP contribution >= 0.6 is 0 Å². The maximum atomic E-state index is 12.0. The lowest BCUT2D eigenvalue weighted by molar-refractivity contribution is -0.148. The summed E-state index contributed by atoms with van der Waals surface area (Å²) in [4.78, 5) is 30.0. The Bertz CT molecular complexity index is 443. The monoisotopic (exact) mass is 251 g/mol. The lowest BCUT2D eigenvalue weighted by Crippen LogP contribution is -2.60. The van der Waals surface area contributed by atoms with Crippen LogP contribution in [-0.2, 0) is 4.79 Å². The Labute approximate surface area is 105 Å². The van der Waals surface area contributed by atoms with E-state index in [4.69, 9.17) is 0 Å². The van der Waals surface area contributed by atoms with Crippen molar-refractivity contribution < 1.29 is 14.7 Å². The summed E-state index contributed by atoms with van der Waals surface area (Å²) in [5.41, 5.74) is -0.867. The fourth-order valence-electron chi connectivity index (χ4n) is 2.55. The van der Waals surface area contributed by atoms with Gasteiger partial charge in [-0.1, -0.05) is 19.8 Å². The van der Waals surface area contributed by atoms with E-state index in [-0.39, 0.29) is 11.6 Å². The van der Waals surface area contributed by atoms with E-state index < -0.39 is 17.4 Å². The van der Waals surface area contributed by atoms with Gasteiger partial charge in [-0.25, -0.2) is 9.78 Å². The topological polar surface area (TPSA) is 95.1 Å². The normalized spacial score (nSPS) is 27.7. The van der Waals surface area contributed by atoms with Gasteiger partial charge in [0.05, 0.1) is 12.5 Å². The number of carboxylic acid groups (broad SMARTS) is 1. The third-order valence-electron chi connectivity index (χ3n) is 3.76. The molecule has 3 N–H and O–H groups in total. The number of aliphatic carboxylic acids is 1. The summed E-state index contributed by atoms with van der Waals surface area (Å²) in [5.74, 6) is -1.44. The maximum absolute atomic E-state index is 12.0. The van der Waals surface area contributed by atoms with Gasteiger partial charge in [0.1, 0.15) is 11.2 Å². The molecule has 98 valence electrons. The molecule has 1 heterocycles. The van der Waals surface area contributed by atoms with Gasteiger partial charge >= 0.3 is 5.97 Å². The van der Waals surface area contributed by atoms with Gasteiger partial charge < -0.3 is 15.4 Å². The van der Waals surface area contributed by atoms with Gasteiger partial charge in [-0.05, 0) is 18.8 Å². The van der Waals surface area contributed by atoms with Crippen LogP contribution in [-0.4, -0.2) is 32.5 Å². The largest absolute Gasteiger partial charge is 0.479 e. The van der Waals surface area contributed by atoms with Crippen LogP contribution < -0.4 is 5.32 Å². The number of carboxylic acids is 1. The van der Waals surface area contributed by atoms with Crippen molar-refractivity contribution in [2.24, 2.45) is 5.92 Å². The molecule has 2 atom stereocenters. The standard InChI is InChI=1S/C12H17N3O3/c1-8-4-2-3-5-12(8,11(17)18)15-10(16)9-6-13-7-14-9/h6-8H,2-5H2,1H3,(H,13,14)(H,15,16)(H,17,18). The Morgan fingerprint density at radius 3 is 2.89 bits per heavy atom. The first-order valence-corrected chi connectivity index (χ1v) is 6.10. The van der Waals surface area contributed by atoms with E-state index >= 15 is 0 Å². The van der Waals surface area contributed by atoms with Crippen LogP contribution in [0.15, 0.2) is 12.5 Å². The summed E-state index contributed by atoms with van der Waals surface area (Å²) in [6.45, 7) is 1.88. The van der Waals surface area contributed by atoms with Gasteiger partial charge in [-0.2, -0.15) is 0 Å². The minimum atomic E-state index is -1.15. The smallest absolute Gasteiger partial charge is 0.329 e. The SMILES string of the molecule is CC1CCCCC1(NC(=O)c1cnc[nH]1)C(=O)O. The number of amides is 1. The Morgan fingerprint density at radius 2 is 2.33 bits per heavy atom. The number of aromatic nitrogens is 2. The molecule has 0 spiro atoms. The van der Waals surface area contributed by atoms with Crippen molar-refractivity contribution in [1.29, 1.82) is 0 Å². The molecule has 0 aromatic carbocycles. The summed E-state index contributed by atoms with van der Waals surface area (Å²) in [6, 6.07) is 0. The van der Waals surface area contributed by atoms with E-state index in [0.29, 0.717) is 6.42 Å². The van der Waals surface area contributed by atoms with Crippen molar-refractivity contribution in [2.75, 3.05) is 0 Å². The molecule has 2 unspecified atom stereocenters. The van der Waals surface area contributed by atoms with Crippen LogP contribution in [0.1, 0.15) is 43.1 Å². The van der Waals surface area contributed by atoms with Crippen LogP contribution in [0.3, 0.4) is 0 Å². The fourth-order valence-corrected chi connectivity index (χ4v) is 2.55. The highest BCUT2D eigenvalue weighted by molar-refractivity contribution is 5.96. The maximum Gasteiger partial charge on any atom is 0.329 e. The quantitative estimate of drug-likeness (QED) is 0.751. The summed E-state index contributed by atoms with van der Waals surface area (Å²) in [6.07, 6.45) is 5.90. The molecule has 2 rings (SSSR count). The molecule has 0 aliphatic heterocycles. The molecule has 1 aliphatic carbocycles. The minimum absolute atomic E-state index is 0.0735. The number of rotatable bonds is 3. The van der Waals surface area contributed by atoms with Gasteiger partial charge in [-0.3, -0.25) is 4.79 Å². The van der Waals surface area contributed by atoms with Crippen LogP contribution in [0.5, 0.6) is 0 Å². The molecule has 6 heteroatoms. The molecule has 0 saturated heterocycles. The number of hydrogen-bond donors (Lipinski definition) is 3. The first-order chi connectivity index (χ1) is 8.56. The lowest BCUT2D eigenvalue weighted by atomic mass is 9.73. The molecule has 1 aliphatic rings. The van der Waals surface area contributed by atoms with Crippen molar-refractivity contribution in [1.82, 2.24) is 15.3 Å². The second-order valence-corrected chi connectivity index (χ2v) is 4.84. The molecular formula is C12H17N3O3. The van der Waals surface area contributed by atoms with Crippen LogP contribution in [0, 0.1) is 5.92 Å². The number of H-pyrrole nitrogens is 1. The van der Waals surface area contributed by atoms with Crippen LogP contribution in [0.4, 0.5) is 0 Å². The molecule has 1 amide bonds. The number of aromatic amines is 1. The molecule has 1 fully saturated rings. The summed E-state index contributed by atoms with van der Waals surface area (Å²) in [7, 11) is 0. The Hall–Kier alpha value is -1.85. The van der Waals surface area contributed by atoms with E-state index in [1.54, 1.807) is 0 Å². The van der Waals surface area contributed by atoms with Crippen molar-refractivity contribution >= 4 is 11.9 Å². The zero-order valence-corrected chi connectivity index (χ0v) is 10.3. The van der Waals surface area contributed by atoms with E-state index in [0.717, 1.165) is 19.3 Å². The highest BCUT2D eigenvalue weighted by Crippen LogP contribution is 2.34. The molecule has 18 heavy (non-hydrogen) atoms. The fraction of sp³-hybridized carbons (Fsp3) is 0.583. The predicted molar refractivity (Wildman–Crippen MR) is 64.1 cm³/mol. The van der Waals surface area contributed by atoms with Crippen molar-refractivity contribution in [3.05, 3.63) is 18.2 Å². The number of carbonyl (C=O) groups excluding carboxylic acids is 1. The Morgan fingerprint density at radius 1 is 1.56 bits per heavy atom. The first kappa shape index (κ1) is 12.6. The van der Waals surface area contributed by atoms with E-state index in [9.17, 15) is 14.7 Å². The van der Waals surface area contributed by atoms with Crippen molar-refractivity contribution in [3.63, 3.8) is 0 Å². The minimum Gasteiger partial charge on any atom is -0.479 e. The number of nitrogens with zero attached hydrogens (tertiary/aromatic N) is 1. The van der Waals surface area contributed by atoms with Crippen LogP contribution in [0.25, 0.3) is 0 Å². The summed E-state index contributed by atoms with van der Waals surface area (Å²) in [5, 5.41) is 12.1. The van der Waals surface area contributed by atoms with Crippen LogP contribution in [0.2, 0.25) is 0 Å². The van der Waals surface area contributed by atoms with E-state index in [1.807, 2.05) is 6.92 Å². The predicted octanol–water partition coefficient (Wildman–Crippen LogP) is 1.17. The van der Waals surface area contributed by atoms with E-state index in [1.165, 1.54) is 12.5 Å². The summed E-state index contributed by atoms with van der Waals surface area (Å²) >= 11 is 0. The Balaban J connectivity index is 2.21. The zero-order valence-electron chi connectivity index (χ0n) is 10.3. The number of imidazole rings is 1. The molecular weight excluding hydrogens is 234 g/mol.